The van der Waals surface area contributed by atoms with Gasteiger partial charge >= 0.3 is 0 Å². The Hall–Kier alpha value is -3.71. The van der Waals surface area contributed by atoms with Crippen LogP contribution in [0.2, 0.25) is 0 Å². The van der Waals surface area contributed by atoms with Crippen molar-refractivity contribution < 1.29 is 14.0 Å². The van der Waals surface area contributed by atoms with Crippen molar-refractivity contribution >= 4 is 29.2 Å². The van der Waals surface area contributed by atoms with Crippen LogP contribution in [-0.4, -0.2) is 46.9 Å². The number of benzene rings is 2. The zero-order valence-electron chi connectivity index (χ0n) is 21.7. The van der Waals surface area contributed by atoms with Crippen molar-refractivity contribution in [2.24, 2.45) is 0 Å². The molecule has 1 saturated heterocycles. The van der Waals surface area contributed by atoms with Crippen molar-refractivity contribution in [3.63, 3.8) is 0 Å². The maximum Gasteiger partial charge on any atom is 0.256 e. The van der Waals surface area contributed by atoms with Gasteiger partial charge in [0, 0.05) is 54.2 Å². The zero-order chi connectivity index (χ0) is 26.3. The van der Waals surface area contributed by atoms with E-state index in [4.69, 9.17) is 0 Å². The molecule has 2 atom stereocenters. The molecule has 3 N–H and O–H groups in total. The number of hydrogen-bond acceptors (Lipinski definition) is 3. The van der Waals surface area contributed by atoms with E-state index in [1.807, 2.05) is 43.0 Å². The molecule has 6 nitrogen and oxygen atoms in total. The van der Waals surface area contributed by atoms with Crippen molar-refractivity contribution in [3.05, 3.63) is 76.4 Å². The second-order valence-corrected chi connectivity index (χ2v) is 10.3. The summed E-state index contributed by atoms with van der Waals surface area (Å²) in [5.74, 6) is -0.297. The highest BCUT2D eigenvalue weighted by molar-refractivity contribution is 6.36. The normalized spacial score (nSPS) is 20.3. The van der Waals surface area contributed by atoms with Crippen LogP contribution in [0.4, 0.5) is 10.1 Å². The predicted octanol–water partition coefficient (Wildman–Crippen LogP) is 5.07. The fourth-order valence-electron chi connectivity index (χ4n) is 5.66. The number of carbonyl (C=O) groups is 2. The number of nitrogens with zero attached hydrogens (tertiary/aromatic N) is 1. The van der Waals surface area contributed by atoms with Gasteiger partial charge in [0.05, 0.1) is 5.57 Å². The first-order chi connectivity index (χ1) is 17.7. The molecular weight excluding hydrogens is 467 g/mol. The van der Waals surface area contributed by atoms with Gasteiger partial charge in [0.2, 0.25) is 5.91 Å². The number of piperazine rings is 1. The van der Waals surface area contributed by atoms with E-state index in [1.165, 1.54) is 12.1 Å². The van der Waals surface area contributed by atoms with Gasteiger partial charge in [0.15, 0.2) is 0 Å². The molecule has 1 fully saturated rings. The molecule has 0 bridgehead atoms. The Morgan fingerprint density at radius 3 is 2.49 bits per heavy atom. The summed E-state index contributed by atoms with van der Waals surface area (Å²) < 4.78 is 13.5. The number of amides is 2. The minimum atomic E-state index is -0.300. The van der Waals surface area contributed by atoms with Crippen LogP contribution >= 0.6 is 0 Å². The first kappa shape index (κ1) is 25.0. The third-order valence-electron chi connectivity index (χ3n) is 7.40. The Labute approximate surface area is 217 Å². The number of anilines is 1. The van der Waals surface area contributed by atoms with E-state index in [1.54, 1.807) is 12.1 Å². The van der Waals surface area contributed by atoms with Gasteiger partial charge in [-0.05, 0) is 80.6 Å². The number of nitrogens with one attached hydrogen (secondary N) is 3. The number of aromatic amines is 1. The summed E-state index contributed by atoms with van der Waals surface area (Å²) in [6.45, 7) is 9.72. The number of fused-ring (bicyclic) bond motifs is 1. The van der Waals surface area contributed by atoms with Gasteiger partial charge in [-0.15, -0.1) is 0 Å². The summed E-state index contributed by atoms with van der Waals surface area (Å²) >= 11 is 0. The van der Waals surface area contributed by atoms with E-state index in [0.717, 1.165) is 58.0 Å². The first-order valence-electron chi connectivity index (χ1n) is 12.9. The number of aryl methyl sites for hydroxylation is 1. The number of halogens is 1. The number of carbonyl (C=O) groups excluding carboxylic acids is 2. The van der Waals surface area contributed by atoms with E-state index < -0.39 is 0 Å². The summed E-state index contributed by atoms with van der Waals surface area (Å²) in [6.07, 6.45) is 2.99. The average Bonchev–Trinajstić information content (AvgIpc) is 3.32. The summed E-state index contributed by atoms with van der Waals surface area (Å²) in [7, 11) is 0. The van der Waals surface area contributed by atoms with E-state index in [2.05, 4.69) is 29.5 Å². The molecule has 7 heteroatoms. The molecule has 0 unspecified atom stereocenters. The molecule has 3 aromatic rings. The van der Waals surface area contributed by atoms with Crippen LogP contribution in [0.25, 0.3) is 22.8 Å². The molecule has 1 aromatic heterocycles. The van der Waals surface area contributed by atoms with Crippen molar-refractivity contribution in [3.8, 4) is 11.1 Å². The quantitative estimate of drug-likeness (QED) is 0.428. The predicted molar refractivity (Wildman–Crippen MR) is 146 cm³/mol. The van der Waals surface area contributed by atoms with Crippen LogP contribution in [0, 0.1) is 19.7 Å². The first-order valence-corrected chi connectivity index (χ1v) is 12.9. The molecule has 0 spiro atoms. The molecule has 2 aliphatic rings. The highest BCUT2D eigenvalue weighted by atomic mass is 19.1. The Kier molecular flexibility index (Phi) is 6.73. The van der Waals surface area contributed by atoms with Gasteiger partial charge in [-0.1, -0.05) is 24.3 Å². The van der Waals surface area contributed by atoms with Gasteiger partial charge in [0.25, 0.3) is 5.91 Å². The molecule has 3 heterocycles. The van der Waals surface area contributed by atoms with Crippen LogP contribution in [0.15, 0.2) is 42.5 Å². The summed E-state index contributed by atoms with van der Waals surface area (Å²) in [6, 6.07) is 12.6. The summed E-state index contributed by atoms with van der Waals surface area (Å²) in [5.41, 5.74) is 7.84. The number of rotatable bonds is 5. The highest BCUT2D eigenvalue weighted by Crippen LogP contribution is 2.40. The maximum absolute atomic E-state index is 13.5. The lowest BCUT2D eigenvalue weighted by Crippen LogP contribution is -2.55. The molecule has 0 aliphatic carbocycles. The fourth-order valence-corrected chi connectivity index (χ4v) is 5.66. The van der Waals surface area contributed by atoms with Crippen LogP contribution in [0.5, 0.6) is 0 Å². The zero-order valence-corrected chi connectivity index (χ0v) is 21.7. The molecule has 2 aromatic carbocycles. The Balaban J connectivity index is 1.42. The average molecular weight is 501 g/mol. The lowest BCUT2D eigenvalue weighted by Gasteiger charge is -2.36. The Bertz CT molecular complexity index is 1380. The molecule has 192 valence electrons. The van der Waals surface area contributed by atoms with Gasteiger partial charge in [-0.2, -0.15) is 0 Å². The molecule has 5 rings (SSSR count). The minimum absolute atomic E-state index is 0.171. The lowest BCUT2D eigenvalue weighted by molar-refractivity contribution is -0.132. The second kappa shape index (κ2) is 9.98. The monoisotopic (exact) mass is 500 g/mol. The van der Waals surface area contributed by atoms with E-state index in [0.29, 0.717) is 30.5 Å². The van der Waals surface area contributed by atoms with Gasteiger partial charge in [-0.25, -0.2) is 4.39 Å². The van der Waals surface area contributed by atoms with Crippen LogP contribution in [-0.2, 0) is 16.0 Å². The maximum atomic E-state index is 13.5. The van der Waals surface area contributed by atoms with Crippen molar-refractivity contribution in [1.82, 2.24) is 15.2 Å². The van der Waals surface area contributed by atoms with Crippen molar-refractivity contribution in [2.75, 3.05) is 18.4 Å². The summed E-state index contributed by atoms with van der Waals surface area (Å²) in [5, 5.41) is 6.43. The third kappa shape index (κ3) is 4.96. The van der Waals surface area contributed by atoms with Crippen molar-refractivity contribution in [2.45, 2.75) is 52.6 Å². The molecule has 2 aliphatic heterocycles. The van der Waals surface area contributed by atoms with E-state index >= 15 is 0 Å². The molecule has 0 radical (unpaired) electrons. The largest absolute Gasteiger partial charge is 0.359 e. The SMILES string of the molecule is Cc1[nH]c(C=C2C(=O)Nc3cccc(-c4ccc(F)cc4)c32)c(C)c1CCC(=O)N1C[C@@H](C)N[C@@H](C)C1. The van der Waals surface area contributed by atoms with Gasteiger partial charge in [-0.3, -0.25) is 9.59 Å². The van der Waals surface area contributed by atoms with Crippen LogP contribution < -0.4 is 10.6 Å². The smallest absolute Gasteiger partial charge is 0.256 e. The second-order valence-electron chi connectivity index (χ2n) is 10.3. The highest BCUT2D eigenvalue weighted by Gasteiger charge is 2.28. The molecular formula is C30H33FN4O2. The van der Waals surface area contributed by atoms with Crippen LogP contribution in [0.1, 0.15) is 48.3 Å². The van der Waals surface area contributed by atoms with Gasteiger partial charge < -0.3 is 20.5 Å². The van der Waals surface area contributed by atoms with E-state index in [9.17, 15) is 14.0 Å². The minimum Gasteiger partial charge on any atom is -0.359 e. The summed E-state index contributed by atoms with van der Waals surface area (Å²) in [4.78, 5) is 31.4. The van der Waals surface area contributed by atoms with Crippen molar-refractivity contribution in [1.29, 1.82) is 0 Å². The number of hydrogen-bond donors (Lipinski definition) is 3. The van der Waals surface area contributed by atoms with Crippen LogP contribution in [0.3, 0.4) is 0 Å². The van der Waals surface area contributed by atoms with Gasteiger partial charge in [0.1, 0.15) is 5.82 Å². The Morgan fingerprint density at radius 2 is 1.78 bits per heavy atom. The number of H-pyrrole nitrogens is 1. The number of aromatic nitrogens is 1. The third-order valence-corrected chi connectivity index (χ3v) is 7.40. The lowest BCUT2D eigenvalue weighted by atomic mass is 9.94. The topological polar surface area (TPSA) is 77.2 Å². The molecule has 0 saturated carbocycles. The Morgan fingerprint density at radius 1 is 1.08 bits per heavy atom. The molecule has 2 amide bonds. The van der Waals surface area contributed by atoms with E-state index in [-0.39, 0.29) is 17.6 Å². The molecule has 37 heavy (non-hydrogen) atoms. The fraction of sp³-hybridized carbons (Fsp3) is 0.333. The standard InChI is InChI=1S/C30H33FN4O2/c1-17-15-35(16-18(2)32-17)28(36)13-12-23-19(3)27(33-20(23)4)14-25-29-24(21-8-10-22(31)11-9-21)6-5-7-26(29)34-30(25)37/h5-11,14,17-18,32-33H,12-13,15-16H2,1-4H3,(H,34,37)/t17-,18+.